The molecule has 0 fully saturated rings. The predicted molar refractivity (Wildman–Crippen MR) is 124 cm³/mol. The van der Waals surface area contributed by atoms with Gasteiger partial charge >= 0.3 is 5.97 Å². The molecule has 2 N–H and O–H groups in total. The Kier molecular flexibility index (Phi) is 8.21. The molecular formula is C22H19Cl2N3O4S. The molecule has 0 aliphatic carbocycles. The Balaban J connectivity index is 1.43. The zero-order valence-corrected chi connectivity index (χ0v) is 19.3. The number of anilines is 1. The quantitative estimate of drug-likeness (QED) is 0.454. The molecule has 10 heteroatoms. The van der Waals surface area contributed by atoms with Crippen molar-refractivity contribution >= 4 is 58.0 Å². The fourth-order valence-electron chi connectivity index (χ4n) is 2.67. The fourth-order valence-corrected chi connectivity index (χ4v) is 3.94. The molecule has 2 amide bonds. The summed E-state index contributed by atoms with van der Waals surface area (Å²) >= 11 is 13.1. The van der Waals surface area contributed by atoms with Crippen LogP contribution in [0.4, 0.5) is 5.69 Å². The Morgan fingerprint density at radius 2 is 1.91 bits per heavy atom. The van der Waals surface area contributed by atoms with Crippen molar-refractivity contribution in [3.05, 3.63) is 79.7 Å². The molecule has 7 nitrogen and oxygen atoms in total. The van der Waals surface area contributed by atoms with Crippen molar-refractivity contribution in [2.24, 2.45) is 0 Å². The van der Waals surface area contributed by atoms with Crippen molar-refractivity contribution in [1.82, 2.24) is 10.3 Å². The van der Waals surface area contributed by atoms with Gasteiger partial charge in [0.2, 0.25) is 5.91 Å². The number of aromatic nitrogens is 1. The highest BCUT2D eigenvalue weighted by Gasteiger charge is 2.14. The van der Waals surface area contributed by atoms with Crippen molar-refractivity contribution in [3.8, 4) is 0 Å². The van der Waals surface area contributed by atoms with Crippen LogP contribution in [0.25, 0.3) is 0 Å². The van der Waals surface area contributed by atoms with Crippen LogP contribution in [0, 0.1) is 6.92 Å². The second-order valence-electron chi connectivity index (χ2n) is 6.74. The molecule has 0 aliphatic rings. The molecule has 0 spiro atoms. The predicted octanol–water partition coefficient (Wildman–Crippen LogP) is 4.41. The molecule has 32 heavy (non-hydrogen) atoms. The average Bonchev–Trinajstić information content (AvgIpc) is 3.19. The van der Waals surface area contributed by atoms with Crippen molar-refractivity contribution in [2.75, 3.05) is 11.9 Å². The third-order valence-electron chi connectivity index (χ3n) is 4.28. The minimum atomic E-state index is -0.629. The number of hydrogen-bond acceptors (Lipinski definition) is 6. The Labute approximate surface area is 198 Å². The van der Waals surface area contributed by atoms with Gasteiger partial charge in [-0.2, -0.15) is 0 Å². The van der Waals surface area contributed by atoms with Crippen LogP contribution in [0.1, 0.15) is 26.6 Å². The minimum absolute atomic E-state index is 0.0632. The zero-order chi connectivity index (χ0) is 23.1. The van der Waals surface area contributed by atoms with Gasteiger partial charge < -0.3 is 15.4 Å². The van der Waals surface area contributed by atoms with Gasteiger partial charge in [-0.15, -0.1) is 11.3 Å². The lowest BCUT2D eigenvalue weighted by Crippen LogP contribution is -2.30. The first-order valence-corrected chi connectivity index (χ1v) is 11.1. The third kappa shape index (κ3) is 6.78. The Morgan fingerprint density at radius 1 is 1.12 bits per heavy atom. The number of carbonyl (C=O) groups is 3. The van der Waals surface area contributed by atoms with Crippen LogP contribution in [0.2, 0.25) is 10.0 Å². The first kappa shape index (κ1) is 23.7. The molecule has 0 radical (unpaired) electrons. The second-order valence-corrected chi connectivity index (χ2v) is 8.53. The van der Waals surface area contributed by atoms with Gasteiger partial charge in [-0.3, -0.25) is 14.4 Å². The van der Waals surface area contributed by atoms with Gasteiger partial charge in [0.1, 0.15) is 18.2 Å². The Morgan fingerprint density at radius 3 is 2.66 bits per heavy atom. The largest absolute Gasteiger partial charge is 0.458 e. The molecule has 3 rings (SSSR count). The van der Waals surface area contributed by atoms with Gasteiger partial charge in [-0.05, 0) is 36.8 Å². The molecule has 3 aromatic rings. The van der Waals surface area contributed by atoms with E-state index in [2.05, 4.69) is 15.6 Å². The number of nitrogens with one attached hydrogen (secondary N) is 2. The lowest BCUT2D eigenvalue weighted by Gasteiger charge is -2.07. The monoisotopic (exact) mass is 491 g/mol. The van der Waals surface area contributed by atoms with Crippen LogP contribution in [0.3, 0.4) is 0 Å². The Bertz CT molecular complexity index is 1150. The molecule has 0 unspecified atom stereocenters. The van der Waals surface area contributed by atoms with E-state index in [-0.39, 0.29) is 36.1 Å². The van der Waals surface area contributed by atoms with Crippen molar-refractivity contribution < 1.29 is 19.1 Å². The van der Waals surface area contributed by atoms with Crippen LogP contribution in [0.5, 0.6) is 0 Å². The SMILES string of the molecule is Cc1ccccc1NC(=O)Cc1nc(COC(=O)CNC(=O)c2ccc(Cl)cc2Cl)cs1. The molecule has 1 aromatic heterocycles. The molecule has 2 aromatic carbocycles. The first-order chi connectivity index (χ1) is 15.3. The van der Waals surface area contributed by atoms with E-state index < -0.39 is 11.9 Å². The molecule has 0 bridgehead atoms. The van der Waals surface area contributed by atoms with Crippen LogP contribution >= 0.6 is 34.5 Å². The number of amides is 2. The summed E-state index contributed by atoms with van der Waals surface area (Å²) in [6.45, 7) is 1.53. The van der Waals surface area contributed by atoms with E-state index in [1.165, 1.54) is 29.5 Å². The lowest BCUT2D eigenvalue weighted by atomic mass is 10.2. The van der Waals surface area contributed by atoms with Crippen molar-refractivity contribution in [1.29, 1.82) is 0 Å². The number of rotatable bonds is 8. The molecule has 166 valence electrons. The number of benzene rings is 2. The fraction of sp³-hybridized carbons (Fsp3) is 0.182. The van der Waals surface area contributed by atoms with E-state index in [0.717, 1.165) is 11.3 Å². The van der Waals surface area contributed by atoms with E-state index in [1.807, 2.05) is 31.2 Å². The summed E-state index contributed by atoms with van der Waals surface area (Å²) in [5, 5.41) is 8.21. The number of nitrogens with zero attached hydrogens (tertiary/aromatic N) is 1. The second kappa shape index (κ2) is 11.1. The molecule has 0 aliphatic heterocycles. The zero-order valence-electron chi connectivity index (χ0n) is 17.0. The van der Waals surface area contributed by atoms with Gasteiger partial charge in [0.05, 0.1) is 22.7 Å². The molecular weight excluding hydrogens is 473 g/mol. The van der Waals surface area contributed by atoms with Gasteiger partial charge in [-0.1, -0.05) is 41.4 Å². The standard InChI is InChI=1S/C22H19Cl2N3O4S/c1-13-4-2-3-5-18(13)27-19(28)9-20-26-15(12-32-20)11-31-21(29)10-25-22(30)16-7-6-14(23)8-17(16)24/h2-8,12H,9-11H2,1H3,(H,25,30)(H,27,28). The summed E-state index contributed by atoms with van der Waals surface area (Å²) in [5.41, 5.74) is 2.45. The summed E-state index contributed by atoms with van der Waals surface area (Å²) in [6, 6.07) is 11.9. The highest BCUT2D eigenvalue weighted by molar-refractivity contribution is 7.09. The van der Waals surface area contributed by atoms with E-state index >= 15 is 0 Å². The molecule has 0 saturated heterocycles. The first-order valence-electron chi connectivity index (χ1n) is 9.49. The maximum atomic E-state index is 12.2. The number of esters is 1. The summed E-state index contributed by atoms with van der Waals surface area (Å²) in [4.78, 5) is 40.6. The summed E-state index contributed by atoms with van der Waals surface area (Å²) in [6.07, 6.45) is 0.116. The van der Waals surface area contributed by atoms with Gasteiger partial charge in [0.25, 0.3) is 5.91 Å². The summed E-state index contributed by atoms with van der Waals surface area (Å²) < 4.78 is 5.13. The number of carbonyl (C=O) groups excluding carboxylic acids is 3. The molecule has 0 atom stereocenters. The van der Waals surface area contributed by atoms with Gasteiger partial charge in [0, 0.05) is 16.1 Å². The minimum Gasteiger partial charge on any atom is -0.458 e. The molecule has 0 saturated carbocycles. The third-order valence-corrected chi connectivity index (χ3v) is 5.73. The summed E-state index contributed by atoms with van der Waals surface area (Å²) in [5.74, 6) is -1.32. The maximum absolute atomic E-state index is 12.2. The lowest BCUT2D eigenvalue weighted by molar-refractivity contribution is -0.143. The smallest absolute Gasteiger partial charge is 0.325 e. The highest BCUT2D eigenvalue weighted by atomic mass is 35.5. The maximum Gasteiger partial charge on any atom is 0.325 e. The number of thiazole rings is 1. The van der Waals surface area contributed by atoms with Gasteiger partial charge in [0.15, 0.2) is 0 Å². The normalized spacial score (nSPS) is 10.5. The number of ether oxygens (including phenoxy) is 1. The topological polar surface area (TPSA) is 97.4 Å². The highest BCUT2D eigenvalue weighted by Crippen LogP contribution is 2.21. The molecule has 1 heterocycles. The number of halogens is 2. The van der Waals surface area contributed by atoms with Crippen molar-refractivity contribution in [3.63, 3.8) is 0 Å². The summed E-state index contributed by atoms with van der Waals surface area (Å²) in [7, 11) is 0. The van der Waals surface area contributed by atoms with E-state index in [1.54, 1.807) is 5.38 Å². The Hall–Kier alpha value is -2.94. The average molecular weight is 492 g/mol. The number of aryl methyl sites for hydroxylation is 1. The van der Waals surface area contributed by atoms with Crippen LogP contribution < -0.4 is 10.6 Å². The number of hydrogen-bond donors (Lipinski definition) is 2. The van der Waals surface area contributed by atoms with Crippen LogP contribution in [-0.4, -0.2) is 29.3 Å². The van der Waals surface area contributed by atoms with Crippen LogP contribution in [-0.2, 0) is 27.4 Å². The van der Waals surface area contributed by atoms with E-state index in [4.69, 9.17) is 27.9 Å². The van der Waals surface area contributed by atoms with E-state index in [0.29, 0.717) is 15.7 Å². The van der Waals surface area contributed by atoms with Crippen molar-refractivity contribution in [2.45, 2.75) is 20.0 Å². The van der Waals surface area contributed by atoms with Gasteiger partial charge in [-0.25, -0.2) is 4.98 Å². The van der Waals surface area contributed by atoms with Crippen LogP contribution in [0.15, 0.2) is 47.8 Å². The van der Waals surface area contributed by atoms with E-state index in [9.17, 15) is 14.4 Å². The number of para-hydroxylation sites is 1.